The highest BCUT2D eigenvalue weighted by atomic mass is 16.5. The largest absolute Gasteiger partial charge is 0.495 e. The number of anilines is 2. The second-order valence-corrected chi connectivity index (χ2v) is 5.31. The third kappa shape index (κ3) is 4.63. The lowest BCUT2D eigenvalue weighted by molar-refractivity contribution is -0.138. The molecule has 0 heterocycles. The highest BCUT2D eigenvalue weighted by Gasteiger charge is 2.11. The molecule has 0 aliphatic carbocycles. The summed E-state index contributed by atoms with van der Waals surface area (Å²) in [6.45, 7) is 0. The van der Waals surface area contributed by atoms with Gasteiger partial charge in [0.1, 0.15) is 11.5 Å². The Morgan fingerprint density at radius 1 is 1.00 bits per heavy atom. The molecular weight excluding hydrogens is 324 g/mol. The zero-order valence-corrected chi connectivity index (χ0v) is 14.0. The van der Waals surface area contributed by atoms with Crippen molar-refractivity contribution in [2.24, 2.45) is 0 Å². The van der Waals surface area contributed by atoms with Gasteiger partial charge in [0.25, 0.3) is 0 Å². The molecule has 0 bridgehead atoms. The summed E-state index contributed by atoms with van der Waals surface area (Å²) >= 11 is 0. The fraction of sp³-hybridized carbons (Fsp3) is 0.222. The Labute approximate surface area is 145 Å². The average molecular weight is 344 g/mol. The van der Waals surface area contributed by atoms with Gasteiger partial charge in [-0.05, 0) is 35.4 Å². The van der Waals surface area contributed by atoms with Gasteiger partial charge in [0.05, 0.1) is 32.0 Å². The Morgan fingerprint density at radius 3 is 2.20 bits per heavy atom. The number of nitrogens with one attached hydrogen (secondary N) is 1. The van der Waals surface area contributed by atoms with Crippen molar-refractivity contribution in [3.05, 3.63) is 36.4 Å². The Bertz CT molecular complexity index is 789. The summed E-state index contributed by atoms with van der Waals surface area (Å²) in [4.78, 5) is 22.3. The molecule has 25 heavy (non-hydrogen) atoms. The summed E-state index contributed by atoms with van der Waals surface area (Å²) in [5.41, 5.74) is 8.58. The third-order valence-corrected chi connectivity index (χ3v) is 3.61. The van der Waals surface area contributed by atoms with Crippen LogP contribution in [-0.4, -0.2) is 31.2 Å². The van der Waals surface area contributed by atoms with Gasteiger partial charge in [-0.25, -0.2) is 0 Å². The van der Waals surface area contributed by atoms with Crippen LogP contribution in [0.25, 0.3) is 11.1 Å². The fourth-order valence-electron chi connectivity index (χ4n) is 2.30. The quantitative estimate of drug-likeness (QED) is 0.666. The number of amides is 1. The number of aliphatic carboxylic acids is 1. The highest BCUT2D eigenvalue weighted by molar-refractivity contribution is 5.94. The minimum absolute atomic E-state index is 0.102. The molecule has 0 saturated heterocycles. The number of hydrogen-bond donors (Lipinski definition) is 3. The summed E-state index contributed by atoms with van der Waals surface area (Å²) in [6.07, 6.45) is -0.327. The molecule has 132 valence electrons. The van der Waals surface area contributed by atoms with Crippen molar-refractivity contribution < 1.29 is 24.2 Å². The predicted molar refractivity (Wildman–Crippen MR) is 94.9 cm³/mol. The lowest BCUT2D eigenvalue weighted by atomic mass is 10.0. The molecule has 0 spiro atoms. The zero-order valence-electron chi connectivity index (χ0n) is 14.0. The molecular formula is C18H20N2O5. The van der Waals surface area contributed by atoms with E-state index in [9.17, 15) is 9.59 Å². The molecule has 2 aromatic rings. The smallest absolute Gasteiger partial charge is 0.303 e. The molecule has 0 unspecified atom stereocenters. The number of rotatable bonds is 7. The van der Waals surface area contributed by atoms with Crippen molar-refractivity contribution in [1.29, 1.82) is 0 Å². The molecule has 0 aromatic heterocycles. The zero-order chi connectivity index (χ0) is 18.4. The number of methoxy groups -OCH3 is 2. The summed E-state index contributed by atoms with van der Waals surface area (Å²) in [5, 5.41) is 11.3. The first-order valence-corrected chi connectivity index (χ1v) is 7.58. The number of benzene rings is 2. The molecule has 0 atom stereocenters. The van der Waals surface area contributed by atoms with E-state index in [1.54, 1.807) is 25.3 Å². The van der Waals surface area contributed by atoms with Crippen LogP contribution in [0.15, 0.2) is 36.4 Å². The van der Waals surface area contributed by atoms with E-state index in [2.05, 4.69) is 5.32 Å². The number of hydrogen-bond acceptors (Lipinski definition) is 5. The Balaban J connectivity index is 2.24. The maximum atomic E-state index is 11.8. The van der Waals surface area contributed by atoms with Crippen LogP contribution in [0.1, 0.15) is 12.8 Å². The van der Waals surface area contributed by atoms with Crippen LogP contribution in [0.3, 0.4) is 0 Å². The number of carboxylic acid groups (broad SMARTS) is 1. The molecule has 0 aliphatic rings. The Hall–Kier alpha value is -3.22. The van der Waals surface area contributed by atoms with Gasteiger partial charge in [0.15, 0.2) is 0 Å². The van der Waals surface area contributed by atoms with Gasteiger partial charge >= 0.3 is 5.97 Å². The number of carboxylic acids is 1. The lowest BCUT2D eigenvalue weighted by Gasteiger charge is -2.13. The predicted octanol–water partition coefficient (Wildman–Crippen LogP) is 2.76. The maximum absolute atomic E-state index is 11.8. The van der Waals surface area contributed by atoms with Crippen LogP contribution in [0.4, 0.5) is 11.4 Å². The van der Waals surface area contributed by atoms with E-state index in [-0.39, 0.29) is 18.7 Å². The molecule has 0 aliphatic heterocycles. The van der Waals surface area contributed by atoms with Crippen molar-refractivity contribution in [2.45, 2.75) is 12.8 Å². The van der Waals surface area contributed by atoms with E-state index in [0.717, 1.165) is 11.1 Å². The van der Waals surface area contributed by atoms with Crippen molar-refractivity contribution in [2.75, 3.05) is 25.3 Å². The second-order valence-electron chi connectivity index (χ2n) is 5.31. The second kappa shape index (κ2) is 8.05. The molecule has 0 radical (unpaired) electrons. The van der Waals surface area contributed by atoms with Crippen molar-refractivity contribution in [1.82, 2.24) is 0 Å². The van der Waals surface area contributed by atoms with Gasteiger partial charge < -0.3 is 25.6 Å². The number of nitrogen functional groups attached to an aromatic ring is 1. The van der Waals surface area contributed by atoms with E-state index in [1.165, 1.54) is 7.11 Å². The lowest BCUT2D eigenvalue weighted by Crippen LogP contribution is -2.13. The van der Waals surface area contributed by atoms with E-state index in [4.69, 9.17) is 20.3 Å². The van der Waals surface area contributed by atoms with Crippen molar-refractivity contribution >= 4 is 23.3 Å². The van der Waals surface area contributed by atoms with Gasteiger partial charge in [0.2, 0.25) is 5.91 Å². The summed E-state index contributed by atoms with van der Waals surface area (Å²) in [7, 11) is 3.04. The monoisotopic (exact) mass is 344 g/mol. The minimum Gasteiger partial charge on any atom is -0.495 e. The van der Waals surface area contributed by atoms with E-state index in [1.807, 2.05) is 18.2 Å². The molecule has 7 heteroatoms. The standard InChI is InChI=1S/C18H20N2O5/c1-24-15-9-11(3-5-13(15)19)12-4-6-14(16(10-12)25-2)20-17(21)7-8-18(22)23/h3-6,9-10H,7-8,19H2,1-2H3,(H,20,21)(H,22,23). The first-order chi connectivity index (χ1) is 11.9. The first kappa shape index (κ1) is 18.1. The minimum atomic E-state index is -1.02. The van der Waals surface area contributed by atoms with Crippen LogP contribution in [0.2, 0.25) is 0 Å². The van der Waals surface area contributed by atoms with Crippen LogP contribution < -0.4 is 20.5 Å². The third-order valence-electron chi connectivity index (χ3n) is 3.61. The van der Waals surface area contributed by atoms with Gasteiger partial charge in [-0.15, -0.1) is 0 Å². The topological polar surface area (TPSA) is 111 Å². The first-order valence-electron chi connectivity index (χ1n) is 7.58. The molecule has 2 rings (SSSR count). The van der Waals surface area contributed by atoms with Crippen LogP contribution in [0.5, 0.6) is 11.5 Å². The molecule has 0 fully saturated rings. The Morgan fingerprint density at radius 2 is 1.60 bits per heavy atom. The van der Waals surface area contributed by atoms with Gasteiger partial charge in [-0.1, -0.05) is 12.1 Å². The van der Waals surface area contributed by atoms with Crippen LogP contribution in [0, 0.1) is 0 Å². The fourth-order valence-corrected chi connectivity index (χ4v) is 2.30. The van der Waals surface area contributed by atoms with Crippen molar-refractivity contribution in [3.8, 4) is 22.6 Å². The SMILES string of the molecule is COc1cc(-c2ccc(NC(=O)CCC(=O)O)c(OC)c2)ccc1N. The van der Waals surface area contributed by atoms with Crippen LogP contribution >= 0.6 is 0 Å². The normalized spacial score (nSPS) is 10.2. The van der Waals surface area contributed by atoms with Gasteiger partial charge in [0, 0.05) is 6.42 Å². The molecule has 4 N–H and O–H groups in total. The summed E-state index contributed by atoms with van der Waals surface area (Å²) in [5.74, 6) is -0.364. The van der Waals surface area contributed by atoms with E-state index >= 15 is 0 Å². The van der Waals surface area contributed by atoms with Gasteiger partial charge in [-0.3, -0.25) is 9.59 Å². The van der Waals surface area contributed by atoms with Crippen molar-refractivity contribution in [3.63, 3.8) is 0 Å². The van der Waals surface area contributed by atoms with Crippen LogP contribution in [-0.2, 0) is 9.59 Å². The Kier molecular flexibility index (Phi) is 5.84. The maximum Gasteiger partial charge on any atom is 0.303 e. The molecule has 2 aromatic carbocycles. The molecule has 7 nitrogen and oxygen atoms in total. The molecule has 1 amide bonds. The number of carbonyl (C=O) groups is 2. The summed E-state index contributed by atoms with van der Waals surface area (Å²) in [6, 6.07) is 10.7. The number of nitrogens with two attached hydrogens (primary N) is 1. The summed E-state index contributed by atoms with van der Waals surface area (Å²) < 4.78 is 10.6. The number of carbonyl (C=O) groups excluding carboxylic acids is 1. The van der Waals surface area contributed by atoms with E-state index in [0.29, 0.717) is 22.9 Å². The molecule has 0 saturated carbocycles. The average Bonchev–Trinajstić information content (AvgIpc) is 2.60. The van der Waals surface area contributed by atoms with Gasteiger partial charge in [-0.2, -0.15) is 0 Å². The van der Waals surface area contributed by atoms with E-state index < -0.39 is 5.97 Å². The highest BCUT2D eigenvalue weighted by Crippen LogP contribution is 2.34. The number of ether oxygens (including phenoxy) is 2.